The van der Waals surface area contributed by atoms with Crippen LogP contribution >= 0.6 is 0 Å². The van der Waals surface area contributed by atoms with E-state index < -0.39 is 12.1 Å². The standard InChI is InChI=1S/C13H21NO2/c1-8(2)10-5-6-12(16-4)11(7-10)13(14)9(3)15/h5-9,13,15H,14H2,1-4H3/t9-,13-/m0/s1. The summed E-state index contributed by atoms with van der Waals surface area (Å²) in [7, 11) is 1.61. The summed E-state index contributed by atoms with van der Waals surface area (Å²) in [4.78, 5) is 0. The van der Waals surface area contributed by atoms with Gasteiger partial charge in [0.2, 0.25) is 0 Å². The van der Waals surface area contributed by atoms with Crippen molar-refractivity contribution in [2.24, 2.45) is 5.73 Å². The third-order valence-electron chi connectivity index (χ3n) is 2.80. The Balaban J connectivity index is 3.16. The lowest BCUT2D eigenvalue weighted by atomic mass is 9.95. The Morgan fingerprint density at radius 2 is 1.88 bits per heavy atom. The molecule has 1 aromatic rings. The summed E-state index contributed by atoms with van der Waals surface area (Å²) >= 11 is 0. The molecule has 0 bridgehead atoms. The predicted octanol–water partition coefficient (Wildman–Crippen LogP) is 2.20. The number of rotatable bonds is 4. The minimum Gasteiger partial charge on any atom is -0.496 e. The van der Waals surface area contributed by atoms with Crippen LogP contribution in [-0.2, 0) is 0 Å². The molecule has 1 aromatic carbocycles. The molecule has 3 heteroatoms. The number of hydrogen-bond donors (Lipinski definition) is 2. The highest BCUT2D eigenvalue weighted by atomic mass is 16.5. The van der Waals surface area contributed by atoms with Gasteiger partial charge in [-0.15, -0.1) is 0 Å². The fraction of sp³-hybridized carbons (Fsp3) is 0.538. The van der Waals surface area contributed by atoms with E-state index in [1.807, 2.05) is 18.2 Å². The van der Waals surface area contributed by atoms with E-state index in [4.69, 9.17) is 10.5 Å². The molecular formula is C13H21NO2. The minimum absolute atomic E-state index is 0.409. The molecule has 0 radical (unpaired) electrons. The van der Waals surface area contributed by atoms with Crippen molar-refractivity contribution in [3.8, 4) is 5.75 Å². The second-order valence-electron chi connectivity index (χ2n) is 4.42. The van der Waals surface area contributed by atoms with Crippen LogP contribution in [0.15, 0.2) is 18.2 Å². The van der Waals surface area contributed by atoms with Crippen LogP contribution in [0, 0.1) is 0 Å². The van der Waals surface area contributed by atoms with Gasteiger partial charge in [-0.25, -0.2) is 0 Å². The van der Waals surface area contributed by atoms with E-state index >= 15 is 0 Å². The van der Waals surface area contributed by atoms with Gasteiger partial charge in [0.15, 0.2) is 0 Å². The summed E-state index contributed by atoms with van der Waals surface area (Å²) in [6, 6.07) is 5.55. The maximum Gasteiger partial charge on any atom is 0.123 e. The van der Waals surface area contributed by atoms with Gasteiger partial charge in [0.05, 0.1) is 19.3 Å². The number of nitrogens with two attached hydrogens (primary N) is 1. The lowest BCUT2D eigenvalue weighted by Crippen LogP contribution is -2.24. The van der Waals surface area contributed by atoms with Crippen molar-refractivity contribution in [1.82, 2.24) is 0 Å². The molecule has 0 saturated heterocycles. The number of benzene rings is 1. The van der Waals surface area contributed by atoms with Gasteiger partial charge in [0, 0.05) is 5.56 Å². The second-order valence-corrected chi connectivity index (χ2v) is 4.42. The van der Waals surface area contributed by atoms with Crippen molar-refractivity contribution in [2.45, 2.75) is 38.8 Å². The first-order valence-corrected chi connectivity index (χ1v) is 5.58. The van der Waals surface area contributed by atoms with Crippen LogP contribution in [-0.4, -0.2) is 18.3 Å². The summed E-state index contributed by atoms with van der Waals surface area (Å²) in [5.74, 6) is 1.17. The molecular weight excluding hydrogens is 202 g/mol. The Labute approximate surface area is 97.2 Å². The van der Waals surface area contributed by atoms with Crippen molar-refractivity contribution in [3.63, 3.8) is 0 Å². The van der Waals surface area contributed by atoms with Crippen LogP contribution in [0.2, 0.25) is 0 Å². The number of aliphatic hydroxyl groups is 1. The van der Waals surface area contributed by atoms with E-state index in [0.717, 1.165) is 11.3 Å². The summed E-state index contributed by atoms with van der Waals surface area (Å²) in [6.07, 6.45) is -0.587. The zero-order valence-corrected chi connectivity index (χ0v) is 10.4. The molecule has 3 nitrogen and oxygen atoms in total. The molecule has 3 N–H and O–H groups in total. The Morgan fingerprint density at radius 1 is 1.25 bits per heavy atom. The van der Waals surface area contributed by atoms with Crippen molar-refractivity contribution >= 4 is 0 Å². The summed E-state index contributed by atoms with van der Waals surface area (Å²) in [6.45, 7) is 5.94. The quantitative estimate of drug-likeness (QED) is 0.822. The van der Waals surface area contributed by atoms with Crippen LogP contribution in [0.25, 0.3) is 0 Å². The minimum atomic E-state index is -0.587. The van der Waals surface area contributed by atoms with Gasteiger partial charge in [-0.05, 0) is 24.5 Å². The molecule has 0 fully saturated rings. The first kappa shape index (κ1) is 13.0. The molecule has 0 spiro atoms. The van der Waals surface area contributed by atoms with Crippen molar-refractivity contribution < 1.29 is 9.84 Å². The van der Waals surface area contributed by atoms with Crippen molar-refractivity contribution in [3.05, 3.63) is 29.3 Å². The van der Waals surface area contributed by atoms with E-state index in [1.165, 1.54) is 5.56 Å². The van der Waals surface area contributed by atoms with E-state index in [9.17, 15) is 5.11 Å². The number of ether oxygens (including phenoxy) is 1. The Bertz CT molecular complexity index is 348. The molecule has 0 aliphatic rings. The number of methoxy groups -OCH3 is 1. The van der Waals surface area contributed by atoms with Crippen molar-refractivity contribution in [2.75, 3.05) is 7.11 Å². The normalized spacial score (nSPS) is 14.9. The zero-order chi connectivity index (χ0) is 12.3. The molecule has 0 saturated carbocycles. The monoisotopic (exact) mass is 223 g/mol. The maximum absolute atomic E-state index is 9.54. The SMILES string of the molecule is COc1ccc(C(C)C)cc1[C@@H](N)[C@H](C)O. The Morgan fingerprint density at radius 3 is 2.31 bits per heavy atom. The molecule has 90 valence electrons. The van der Waals surface area contributed by atoms with Gasteiger partial charge < -0.3 is 15.6 Å². The van der Waals surface area contributed by atoms with Gasteiger partial charge in [-0.2, -0.15) is 0 Å². The van der Waals surface area contributed by atoms with Crippen LogP contribution in [0.5, 0.6) is 5.75 Å². The van der Waals surface area contributed by atoms with E-state index in [2.05, 4.69) is 13.8 Å². The van der Waals surface area contributed by atoms with Crippen LogP contribution in [0.4, 0.5) is 0 Å². The maximum atomic E-state index is 9.54. The van der Waals surface area contributed by atoms with E-state index in [-0.39, 0.29) is 0 Å². The summed E-state index contributed by atoms with van der Waals surface area (Å²) in [5, 5.41) is 9.54. The van der Waals surface area contributed by atoms with Gasteiger partial charge in [0.1, 0.15) is 5.75 Å². The van der Waals surface area contributed by atoms with Gasteiger partial charge in [-0.1, -0.05) is 26.0 Å². The topological polar surface area (TPSA) is 55.5 Å². The fourth-order valence-electron chi connectivity index (χ4n) is 1.63. The molecule has 0 aliphatic heterocycles. The molecule has 0 amide bonds. The summed E-state index contributed by atoms with van der Waals surface area (Å²) in [5.41, 5.74) is 8.02. The first-order chi connectivity index (χ1) is 7.47. The van der Waals surface area contributed by atoms with E-state index in [1.54, 1.807) is 14.0 Å². The highest BCUT2D eigenvalue weighted by molar-refractivity contribution is 5.40. The number of hydrogen-bond acceptors (Lipinski definition) is 3. The largest absolute Gasteiger partial charge is 0.496 e. The number of aliphatic hydroxyl groups excluding tert-OH is 1. The molecule has 0 aromatic heterocycles. The third-order valence-corrected chi connectivity index (χ3v) is 2.80. The van der Waals surface area contributed by atoms with Crippen LogP contribution in [0.1, 0.15) is 43.9 Å². The van der Waals surface area contributed by atoms with Crippen LogP contribution in [0.3, 0.4) is 0 Å². The van der Waals surface area contributed by atoms with E-state index in [0.29, 0.717) is 5.92 Å². The molecule has 1 rings (SSSR count). The Hall–Kier alpha value is -1.06. The zero-order valence-electron chi connectivity index (χ0n) is 10.4. The first-order valence-electron chi connectivity index (χ1n) is 5.58. The van der Waals surface area contributed by atoms with Gasteiger partial charge in [-0.3, -0.25) is 0 Å². The average molecular weight is 223 g/mol. The Kier molecular flexibility index (Phi) is 4.33. The van der Waals surface area contributed by atoms with Crippen LogP contribution < -0.4 is 10.5 Å². The van der Waals surface area contributed by atoms with Gasteiger partial charge >= 0.3 is 0 Å². The second kappa shape index (κ2) is 5.32. The van der Waals surface area contributed by atoms with Gasteiger partial charge in [0.25, 0.3) is 0 Å². The molecule has 16 heavy (non-hydrogen) atoms. The molecule has 0 aliphatic carbocycles. The fourth-order valence-corrected chi connectivity index (χ4v) is 1.63. The highest BCUT2D eigenvalue weighted by Crippen LogP contribution is 2.29. The lowest BCUT2D eigenvalue weighted by molar-refractivity contribution is 0.162. The smallest absolute Gasteiger partial charge is 0.123 e. The molecule has 0 heterocycles. The molecule has 0 unspecified atom stereocenters. The third kappa shape index (κ3) is 2.74. The highest BCUT2D eigenvalue weighted by Gasteiger charge is 2.17. The lowest BCUT2D eigenvalue weighted by Gasteiger charge is -2.20. The molecule has 2 atom stereocenters. The van der Waals surface area contributed by atoms with Crippen molar-refractivity contribution in [1.29, 1.82) is 0 Å². The predicted molar refractivity (Wildman–Crippen MR) is 65.7 cm³/mol. The summed E-state index contributed by atoms with van der Waals surface area (Å²) < 4.78 is 5.26. The average Bonchev–Trinajstić information content (AvgIpc) is 2.26.